The number of rotatable bonds is 12. The largest absolute Gasteiger partial charge is 0.349 e. The number of anilines is 3. The van der Waals surface area contributed by atoms with Gasteiger partial charge in [0.1, 0.15) is 11.5 Å². The molecule has 11 heteroatoms. The molecule has 0 aromatic heterocycles. The van der Waals surface area contributed by atoms with Crippen molar-refractivity contribution in [2.24, 2.45) is 11.8 Å². The van der Waals surface area contributed by atoms with Gasteiger partial charge in [0, 0.05) is 29.7 Å². The van der Waals surface area contributed by atoms with E-state index in [0.717, 1.165) is 25.2 Å². The van der Waals surface area contributed by atoms with Crippen LogP contribution in [0.25, 0.3) is 0 Å². The third-order valence-corrected chi connectivity index (χ3v) is 9.48. The van der Waals surface area contributed by atoms with Crippen molar-refractivity contribution in [3.63, 3.8) is 0 Å². The molecule has 0 spiro atoms. The third kappa shape index (κ3) is 9.22. The van der Waals surface area contributed by atoms with Gasteiger partial charge < -0.3 is 10.2 Å². The van der Waals surface area contributed by atoms with Crippen LogP contribution in [0, 0.1) is 32.9 Å². The third-order valence-electron chi connectivity index (χ3n) is 7.73. The van der Waals surface area contributed by atoms with Crippen LogP contribution in [0.15, 0.2) is 30.3 Å². The molecule has 2 fully saturated rings. The van der Waals surface area contributed by atoms with E-state index in [0.29, 0.717) is 22.0 Å². The zero-order chi connectivity index (χ0) is 27.8. The van der Waals surface area contributed by atoms with Crippen molar-refractivity contribution in [1.82, 2.24) is 9.62 Å². The van der Waals surface area contributed by atoms with Crippen LogP contribution in [0.3, 0.4) is 0 Å². The van der Waals surface area contributed by atoms with Crippen LogP contribution in [-0.4, -0.2) is 39.5 Å². The predicted octanol–water partition coefficient (Wildman–Crippen LogP) is 7.16. The van der Waals surface area contributed by atoms with Crippen molar-refractivity contribution >= 4 is 49.9 Å². The average Bonchev–Trinajstić information content (AvgIpc) is 2.90. The van der Waals surface area contributed by atoms with Gasteiger partial charge in [-0.15, -0.1) is 0 Å². The topological polar surface area (TPSA) is 73.5 Å². The lowest BCUT2D eigenvalue weighted by atomic mass is 9.87. The molecule has 0 saturated heterocycles. The van der Waals surface area contributed by atoms with E-state index in [1.807, 2.05) is 22.6 Å². The Bertz CT molecular complexity index is 1190. The van der Waals surface area contributed by atoms with Crippen LogP contribution in [0.5, 0.6) is 0 Å². The molecule has 0 unspecified atom stereocenters. The maximum absolute atomic E-state index is 14.7. The van der Waals surface area contributed by atoms with Crippen LogP contribution in [-0.2, 0) is 10.2 Å². The van der Waals surface area contributed by atoms with Gasteiger partial charge in [-0.3, -0.25) is 4.72 Å². The Morgan fingerprint density at radius 1 is 0.821 bits per heavy atom. The van der Waals surface area contributed by atoms with Gasteiger partial charge >= 0.3 is 0 Å². The molecule has 0 heterocycles. The summed E-state index contributed by atoms with van der Waals surface area (Å²) >= 11 is 1.93. The van der Waals surface area contributed by atoms with Crippen LogP contribution in [0.2, 0.25) is 0 Å². The van der Waals surface area contributed by atoms with Crippen LogP contribution in [0.1, 0.15) is 64.2 Å². The van der Waals surface area contributed by atoms with Crippen molar-refractivity contribution in [3.8, 4) is 0 Å². The molecule has 0 bridgehead atoms. The van der Waals surface area contributed by atoms with E-state index in [2.05, 4.69) is 19.7 Å². The molecule has 2 saturated carbocycles. The minimum absolute atomic E-state index is 0.102. The molecule has 0 atom stereocenters. The van der Waals surface area contributed by atoms with Gasteiger partial charge in [0.25, 0.3) is 10.2 Å². The van der Waals surface area contributed by atoms with Crippen molar-refractivity contribution in [1.29, 1.82) is 0 Å². The minimum atomic E-state index is -4.11. The van der Waals surface area contributed by atoms with Gasteiger partial charge in [0.05, 0.1) is 11.4 Å². The fraction of sp³-hybridized carbons (Fsp3) is 0.571. The zero-order valence-electron chi connectivity index (χ0n) is 22.1. The number of hydrogen-bond donors (Lipinski definition) is 3. The average molecular weight is 679 g/mol. The molecule has 0 radical (unpaired) electrons. The molecular formula is C28H38F3IN4O2S. The van der Waals surface area contributed by atoms with E-state index in [9.17, 15) is 21.6 Å². The lowest BCUT2D eigenvalue weighted by Crippen LogP contribution is -2.41. The molecule has 3 N–H and O–H groups in total. The molecule has 4 rings (SSSR count). The lowest BCUT2D eigenvalue weighted by molar-refractivity contribution is 0.162. The van der Waals surface area contributed by atoms with E-state index in [1.165, 1.54) is 76.3 Å². The van der Waals surface area contributed by atoms with E-state index in [-0.39, 0.29) is 17.9 Å². The molecule has 2 aromatic rings. The van der Waals surface area contributed by atoms with Gasteiger partial charge in [-0.2, -0.15) is 13.1 Å². The van der Waals surface area contributed by atoms with E-state index in [4.69, 9.17) is 0 Å². The van der Waals surface area contributed by atoms with Crippen molar-refractivity contribution in [2.75, 3.05) is 36.2 Å². The molecule has 6 nitrogen and oxygen atoms in total. The van der Waals surface area contributed by atoms with Gasteiger partial charge in [-0.05, 0) is 90.4 Å². The van der Waals surface area contributed by atoms with Gasteiger partial charge in [0.15, 0.2) is 11.6 Å². The number of benzene rings is 2. The Morgan fingerprint density at radius 3 is 2.00 bits per heavy atom. The normalized spacial score (nSPS) is 17.5. The highest BCUT2D eigenvalue weighted by Crippen LogP contribution is 2.32. The predicted molar refractivity (Wildman–Crippen MR) is 159 cm³/mol. The summed E-state index contributed by atoms with van der Waals surface area (Å²) in [6.07, 6.45) is 12.5. The summed E-state index contributed by atoms with van der Waals surface area (Å²) in [6, 6.07) is 6.16. The second-order valence-electron chi connectivity index (χ2n) is 10.8. The minimum Gasteiger partial charge on any atom is -0.349 e. The number of halogens is 4. The maximum atomic E-state index is 14.7. The molecule has 2 aliphatic rings. The molecule has 0 amide bonds. The van der Waals surface area contributed by atoms with Crippen molar-refractivity contribution in [3.05, 3.63) is 51.4 Å². The maximum Gasteiger partial charge on any atom is 0.299 e. The zero-order valence-corrected chi connectivity index (χ0v) is 25.1. The van der Waals surface area contributed by atoms with Crippen LogP contribution >= 0.6 is 22.6 Å². The standard InChI is InChI=1S/C28H38F3IN4O2S/c29-23-12-14-26(28(27(23)31)34-25-13-11-22(32)17-24(25)30)35-39(37,38)33-15-16-36(18-20-7-3-1-4-8-20)19-21-9-5-2-6-10-21/h11-14,17,20-21,33-35H,1-10,15-16,18-19H2. The molecule has 2 aliphatic carbocycles. The quantitative estimate of drug-likeness (QED) is 0.209. The van der Waals surface area contributed by atoms with Crippen LogP contribution < -0.4 is 14.8 Å². The van der Waals surface area contributed by atoms with E-state index < -0.39 is 33.3 Å². The SMILES string of the molecule is O=S(=O)(NCCN(CC1CCCCC1)CC1CCCCC1)Nc1ccc(F)c(F)c1Nc1ccc(I)cc1F. The van der Waals surface area contributed by atoms with Crippen molar-refractivity contribution < 1.29 is 21.6 Å². The highest BCUT2D eigenvalue weighted by atomic mass is 127. The molecule has 0 aliphatic heterocycles. The first-order valence-corrected chi connectivity index (χ1v) is 16.5. The first kappa shape index (κ1) is 30.4. The Morgan fingerprint density at radius 2 is 1.41 bits per heavy atom. The van der Waals surface area contributed by atoms with E-state index in [1.54, 1.807) is 6.07 Å². The smallest absolute Gasteiger partial charge is 0.299 e. The highest BCUT2D eigenvalue weighted by Gasteiger charge is 2.23. The summed E-state index contributed by atoms with van der Waals surface area (Å²) in [5.74, 6) is -1.86. The van der Waals surface area contributed by atoms with Gasteiger partial charge in [0.2, 0.25) is 0 Å². The summed E-state index contributed by atoms with van der Waals surface area (Å²) in [4.78, 5) is 2.40. The van der Waals surface area contributed by atoms with Crippen molar-refractivity contribution in [2.45, 2.75) is 64.2 Å². The fourth-order valence-corrected chi connectivity index (χ4v) is 7.07. The Hall–Kier alpha value is -1.57. The summed E-state index contributed by atoms with van der Waals surface area (Å²) in [7, 11) is -4.11. The number of hydrogen-bond acceptors (Lipinski definition) is 4. The lowest BCUT2D eigenvalue weighted by Gasteiger charge is -2.33. The first-order chi connectivity index (χ1) is 18.7. The molecule has 216 valence electrons. The molecule has 39 heavy (non-hydrogen) atoms. The monoisotopic (exact) mass is 678 g/mol. The Kier molecular flexibility index (Phi) is 11.2. The Balaban J connectivity index is 1.40. The Labute approximate surface area is 243 Å². The fourth-order valence-electron chi connectivity index (χ4n) is 5.73. The molecule has 2 aromatic carbocycles. The summed E-state index contributed by atoms with van der Waals surface area (Å²) in [6.45, 7) is 2.71. The number of nitrogens with zero attached hydrogens (tertiary/aromatic N) is 1. The molecular weight excluding hydrogens is 640 g/mol. The van der Waals surface area contributed by atoms with Gasteiger partial charge in [-0.1, -0.05) is 38.5 Å². The first-order valence-electron chi connectivity index (χ1n) is 13.9. The number of nitrogens with one attached hydrogen (secondary N) is 3. The summed E-state index contributed by atoms with van der Waals surface area (Å²) < 4.78 is 74.4. The summed E-state index contributed by atoms with van der Waals surface area (Å²) in [5.41, 5.74) is -0.813. The highest BCUT2D eigenvalue weighted by molar-refractivity contribution is 14.1. The van der Waals surface area contributed by atoms with Crippen LogP contribution in [0.4, 0.5) is 30.2 Å². The second-order valence-corrected chi connectivity index (χ2v) is 13.5. The van der Waals surface area contributed by atoms with Gasteiger partial charge in [-0.25, -0.2) is 13.2 Å². The van der Waals surface area contributed by atoms with E-state index >= 15 is 0 Å². The summed E-state index contributed by atoms with van der Waals surface area (Å²) in [5, 5.41) is 2.51. The second kappa shape index (κ2) is 14.4.